The maximum atomic E-state index is 11.6. The molecular weight excluding hydrogens is 188 g/mol. The lowest BCUT2D eigenvalue weighted by Gasteiger charge is -2.32. The first-order valence-corrected chi connectivity index (χ1v) is 5.33. The van der Waals surface area contributed by atoms with Crippen LogP contribution in [0.15, 0.2) is 30.3 Å². The van der Waals surface area contributed by atoms with E-state index in [1.807, 2.05) is 30.3 Å². The number of hydrogen-bond donors (Lipinski definition) is 2. The van der Waals surface area contributed by atoms with Crippen molar-refractivity contribution in [1.29, 1.82) is 0 Å². The molecule has 3 N–H and O–H groups in total. The van der Waals surface area contributed by atoms with Gasteiger partial charge in [-0.3, -0.25) is 4.79 Å². The minimum absolute atomic E-state index is 0.0955. The molecule has 80 valence electrons. The van der Waals surface area contributed by atoms with E-state index in [0.717, 1.165) is 18.4 Å². The van der Waals surface area contributed by atoms with Crippen molar-refractivity contribution in [2.24, 2.45) is 5.73 Å². The number of amides is 1. The smallest absolute Gasteiger partial charge is 0.224 e. The average molecular weight is 204 g/mol. The highest BCUT2D eigenvalue weighted by molar-refractivity contribution is 5.78. The molecule has 0 heterocycles. The van der Waals surface area contributed by atoms with Crippen LogP contribution in [0.2, 0.25) is 0 Å². The van der Waals surface area contributed by atoms with Crippen LogP contribution in [0.3, 0.4) is 0 Å². The molecule has 0 aromatic heterocycles. The van der Waals surface area contributed by atoms with Crippen molar-refractivity contribution in [3.63, 3.8) is 0 Å². The van der Waals surface area contributed by atoms with Crippen molar-refractivity contribution < 1.29 is 4.79 Å². The Morgan fingerprint density at radius 1 is 1.33 bits per heavy atom. The highest BCUT2D eigenvalue weighted by Crippen LogP contribution is 2.17. The van der Waals surface area contributed by atoms with Crippen LogP contribution >= 0.6 is 0 Å². The third-order valence-corrected chi connectivity index (χ3v) is 2.75. The maximum absolute atomic E-state index is 11.6. The number of benzene rings is 1. The summed E-state index contributed by atoms with van der Waals surface area (Å²) in [6.07, 6.45) is 2.30. The molecule has 1 fully saturated rings. The van der Waals surface area contributed by atoms with Gasteiger partial charge in [0, 0.05) is 12.1 Å². The van der Waals surface area contributed by atoms with Crippen LogP contribution in [-0.2, 0) is 11.2 Å². The molecule has 1 aliphatic carbocycles. The molecule has 2 rings (SSSR count). The minimum atomic E-state index is 0.0955. The molecule has 0 atom stereocenters. The molecule has 1 aromatic rings. The highest BCUT2D eigenvalue weighted by atomic mass is 16.1. The summed E-state index contributed by atoms with van der Waals surface area (Å²) in [5.74, 6) is 0.0955. The molecule has 1 saturated carbocycles. The Bertz CT molecular complexity index is 331. The number of nitrogens with one attached hydrogen (secondary N) is 1. The van der Waals surface area contributed by atoms with E-state index in [1.54, 1.807) is 0 Å². The average Bonchev–Trinajstić information content (AvgIpc) is 2.17. The van der Waals surface area contributed by atoms with Crippen LogP contribution in [0.5, 0.6) is 0 Å². The standard InChI is InChI=1S/C12H16N2O/c13-10-7-11(8-10)14-12(15)6-9-4-2-1-3-5-9/h1-5,10-11H,6-8,13H2,(H,14,15). The zero-order valence-corrected chi connectivity index (χ0v) is 8.65. The Morgan fingerprint density at radius 2 is 2.00 bits per heavy atom. The largest absolute Gasteiger partial charge is 0.353 e. The van der Waals surface area contributed by atoms with Gasteiger partial charge < -0.3 is 11.1 Å². The molecule has 0 saturated heterocycles. The minimum Gasteiger partial charge on any atom is -0.353 e. The number of carbonyl (C=O) groups excluding carboxylic acids is 1. The molecule has 0 bridgehead atoms. The molecule has 0 spiro atoms. The molecule has 3 heteroatoms. The van der Waals surface area contributed by atoms with Gasteiger partial charge in [0.1, 0.15) is 0 Å². The van der Waals surface area contributed by atoms with Gasteiger partial charge in [0.2, 0.25) is 5.91 Å². The van der Waals surface area contributed by atoms with E-state index in [4.69, 9.17) is 5.73 Å². The van der Waals surface area contributed by atoms with Crippen LogP contribution in [0.4, 0.5) is 0 Å². The van der Waals surface area contributed by atoms with E-state index in [1.165, 1.54) is 0 Å². The maximum Gasteiger partial charge on any atom is 0.224 e. The fourth-order valence-electron chi connectivity index (χ4n) is 1.84. The molecule has 15 heavy (non-hydrogen) atoms. The fraction of sp³-hybridized carbons (Fsp3) is 0.417. The lowest BCUT2D eigenvalue weighted by Crippen LogP contribution is -2.50. The van der Waals surface area contributed by atoms with E-state index in [9.17, 15) is 4.79 Å². The van der Waals surface area contributed by atoms with E-state index in [2.05, 4.69) is 5.32 Å². The van der Waals surface area contributed by atoms with E-state index in [-0.39, 0.29) is 11.9 Å². The Kier molecular flexibility index (Phi) is 3.02. The Hall–Kier alpha value is -1.35. The summed E-state index contributed by atoms with van der Waals surface area (Å²) >= 11 is 0. The molecule has 0 radical (unpaired) electrons. The second-order valence-electron chi connectivity index (χ2n) is 4.16. The van der Waals surface area contributed by atoms with Gasteiger partial charge >= 0.3 is 0 Å². The zero-order valence-electron chi connectivity index (χ0n) is 8.65. The zero-order chi connectivity index (χ0) is 10.7. The molecule has 1 aliphatic rings. The lowest BCUT2D eigenvalue weighted by atomic mass is 9.87. The van der Waals surface area contributed by atoms with Crippen LogP contribution in [0.25, 0.3) is 0 Å². The summed E-state index contributed by atoms with van der Waals surface area (Å²) in [5, 5.41) is 2.98. The highest BCUT2D eigenvalue weighted by Gasteiger charge is 2.26. The predicted molar refractivity (Wildman–Crippen MR) is 59.3 cm³/mol. The van der Waals surface area contributed by atoms with Gasteiger partial charge in [-0.15, -0.1) is 0 Å². The van der Waals surface area contributed by atoms with Crippen molar-refractivity contribution in [3.05, 3.63) is 35.9 Å². The first-order chi connectivity index (χ1) is 7.24. The van der Waals surface area contributed by atoms with Gasteiger partial charge in [-0.2, -0.15) is 0 Å². The molecular formula is C12H16N2O. The van der Waals surface area contributed by atoms with Gasteiger partial charge in [-0.1, -0.05) is 30.3 Å². The second kappa shape index (κ2) is 4.45. The summed E-state index contributed by atoms with van der Waals surface area (Å²) in [4.78, 5) is 11.6. The number of rotatable bonds is 3. The Labute approximate surface area is 89.7 Å². The van der Waals surface area contributed by atoms with E-state index >= 15 is 0 Å². The summed E-state index contributed by atoms with van der Waals surface area (Å²) < 4.78 is 0. The summed E-state index contributed by atoms with van der Waals surface area (Å²) in [6, 6.07) is 10.4. The topological polar surface area (TPSA) is 55.1 Å². The molecule has 3 nitrogen and oxygen atoms in total. The van der Waals surface area contributed by atoms with Crippen molar-refractivity contribution in [3.8, 4) is 0 Å². The molecule has 1 aromatic carbocycles. The van der Waals surface area contributed by atoms with Crippen LogP contribution < -0.4 is 11.1 Å². The summed E-state index contributed by atoms with van der Waals surface area (Å²) in [7, 11) is 0. The van der Waals surface area contributed by atoms with Crippen molar-refractivity contribution in [1.82, 2.24) is 5.32 Å². The molecule has 0 aliphatic heterocycles. The van der Waals surface area contributed by atoms with Gasteiger partial charge in [-0.25, -0.2) is 0 Å². The predicted octanol–water partition coefficient (Wildman–Crippen LogP) is 0.835. The Balaban J connectivity index is 1.78. The number of carbonyl (C=O) groups is 1. The third-order valence-electron chi connectivity index (χ3n) is 2.75. The normalized spacial score (nSPS) is 24.3. The summed E-state index contributed by atoms with van der Waals surface area (Å²) in [6.45, 7) is 0. The van der Waals surface area contributed by atoms with Crippen LogP contribution in [-0.4, -0.2) is 18.0 Å². The molecule has 0 unspecified atom stereocenters. The number of hydrogen-bond acceptors (Lipinski definition) is 2. The quantitative estimate of drug-likeness (QED) is 0.766. The number of nitrogens with two attached hydrogens (primary N) is 1. The second-order valence-corrected chi connectivity index (χ2v) is 4.16. The van der Waals surface area contributed by atoms with Crippen molar-refractivity contribution in [2.75, 3.05) is 0 Å². The van der Waals surface area contributed by atoms with Gasteiger partial charge in [-0.05, 0) is 18.4 Å². The fourth-order valence-corrected chi connectivity index (χ4v) is 1.84. The summed E-state index contributed by atoms with van der Waals surface area (Å²) in [5.41, 5.74) is 6.70. The van der Waals surface area contributed by atoms with Gasteiger partial charge in [0.15, 0.2) is 0 Å². The Morgan fingerprint density at radius 3 is 2.60 bits per heavy atom. The SMILES string of the molecule is NC1CC(NC(=O)Cc2ccccc2)C1. The van der Waals surface area contributed by atoms with Gasteiger partial charge in [0.05, 0.1) is 6.42 Å². The van der Waals surface area contributed by atoms with E-state index < -0.39 is 0 Å². The van der Waals surface area contributed by atoms with Gasteiger partial charge in [0.25, 0.3) is 0 Å². The van der Waals surface area contributed by atoms with Crippen LogP contribution in [0.1, 0.15) is 18.4 Å². The first-order valence-electron chi connectivity index (χ1n) is 5.33. The molecule has 1 amide bonds. The van der Waals surface area contributed by atoms with Crippen LogP contribution in [0, 0.1) is 0 Å². The van der Waals surface area contributed by atoms with E-state index in [0.29, 0.717) is 12.5 Å². The first kappa shape index (κ1) is 10.2. The lowest BCUT2D eigenvalue weighted by molar-refractivity contribution is -0.121. The van der Waals surface area contributed by atoms with Crippen molar-refractivity contribution >= 4 is 5.91 Å². The van der Waals surface area contributed by atoms with Crippen molar-refractivity contribution in [2.45, 2.75) is 31.3 Å². The monoisotopic (exact) mass is 204 g/mol. The third kappa shape index (κ3) is 2.80.